The average molecular weight is 492 g/mol. The number of hydrogen-bond acceptors (Lipinski definition) is 4. The SMILES string of the molecule is CN[C@]1(CNC(=O)C[C@H](c2ccccc2)C2(C(F)(F)F)CC2)SC1Cc1ccc(C(N)=O)cc1. The molecule has 2 fully saturated rings. The Morgan fingerprint density at radius 3 is 2.29 bits per heavy atom. The Morgan fingerprint density at radius 1 is 1.12 bits per heavy atom. The highest BCUT2D eigenvalue weighted by atomic mass is 32.2. The van der Waals surface area contributed by atoms with Crippen molar-refractivity contribution >= 4 is 23.6 Å². The van der Waals surface area contributed by atoms with E-state index in [0.29, 0.717) is 17.7 Å². The van der Waals surface area contributed by atoms with Crippen molar-refractivity contribution in [2.45, 2.75) is 47.9 Å². The average Bonchev–Trinajstić information content (AvgIpc) is 3.73. The van der Waals surface area contributed by atoms with Crippen LogP contribution in [-0.4, -0.2) is 41.7 Å². The molecule has 4 rings (SSSR count). The Morgan fingerprint density at radius 2 is 1.76 bits per heavy atom. The van der Waals surface area contributed by atoms with Crippen LogP contribution in [0.15, 0.2) is 54.6 Å². The molecule has 1 saturated carbocycles. The topological polar surface area (TPSA) is 84.2 Å². The maximum atomic E-state index is 13.9. The minimum Gasteiger partial charge on any atom is -0.366 e. The molecule has 3 atom stereocenters. The predicted octanol–water partition coefficient (Wildman–Crippen LogP) is 3.99. The molecule has 182 valence electrons. The van der Waals surface area contributed by atoms with Crippen molar-refractivity contribution in [3.63, 3.8) is 0 Å². The third-order valence-corrected chi connectivity index (χ3v) is 8.71. The van der Waals surface area contributed by atoms with E-state index in [1.54, 1.807) is 54.2 Å². The summed E-state index contributed by atoms with van der Waals surface area (Å²) in [4.78, 5) is 23.7. The zero-order chi connectivity index (χ0) is 24.6. The molecule has 1 aliphatic heterocycles. The molecule has 1 heterocycles. The van der Waals surface area contributed by atoms with E-state index in [2.05, 4.69) is 10.6 Å². The van der Waals surface area contributed by atoms with Crippen molar-refractivity contribution in [1.82, 2.24) is 10.6 Å². The Balaban J connectivity index is 1.38. The van der Waals surface area contributed by atoms with Crippen LogP contribution in [0.4, 0.5) is 13.2 Å². The molecule has 1 unspecified atom stereocenters. The van der Waals surface area contributed by atoms with Crippen molar-refractivity contribution in [2.24, 2.45) is 11.1 Å². The summed E-state index contributed by atoms with van der Waals surface area (Å²) < 4.78 is 41.6. The molecular formula is C25H28F3N3O2S. The lowest BCUT2D eigenvalue weighted by Crippen LogP contribution is -2.44. The van der Waals surface area contributed by atoms with Crippen LogP contribution in [0.5, 0.6) is 0 Å². The molecule has 2 aliphatic rings. The Hall–Kier alpha value is -2.52. The number of primary amides is 1. The number of rotatable bonds is 10. The van der Waals surface area contributed by atoms with E-state index in [-0.39, 0.29) is 35.3 Å². The van der Waals surface area contributed by atoms with Crippen molar-refractivity contribution < 1.29 is 22.8 Å². The monoisotopic (exact) mass is 491 g/mol. The second kappa shape index (κ2) is 9.26. The van der Waals surface area contributed by atoms with Crippen LogP contribution in [0.2, 0.25) is 0 Å². The third kappa shape index (κ3) is 4.95. The highest BCUT2D eigenvalue weighted by Crippen LogP contribution is 2.66. The molecule has 0 aromatic heterocycles. The summed E-state index contributed by atoms with van der Waals surface area (Å²) >= 11 is 1.67. The van der Waals surface area contributed by atoms with Gasteiger partial charge in [0.2, 0.25) is 11.8 Å². The van der Waals surface area contributed by atoms with Crippen LogP contribution >= 0.6 is 11.8 Å². The van der Waals surface area contributed by atoms with Crippen LogP contribution in [0.1, 0.15) is 46.7 Å². The molecule has 4 N–H and O–H groups in total. The van der Waals surface area contributed by atoms with Gasteiger partial charge < -0.3 is 16.4 Å². The number of benzene rings is 2. The number of carbonyl (C=O) groups excluding carboxylic acids is 2. The first-order chi connectivity index (χ1) is 16.1. The molecule has 1 saturated heterocycles. The molecule has 2 aromatic rings. The summed E-state index contributed by atoms with van der Waals surface area (Å²) in [6.07, 6.45) is -3.72. The summed E-state index contributed by atoms with van der Waals surface area (Å²) in [6.45, 7) is 0.317. The standard InChI is InChI=1S/C25H28F3N3O2S/c1-30-24(20(34-24)13-16-7-9-18(10-8-16)22(29)33)15-31-21(32)14-19(17-5-3-2-4-6-17)23(11-12-23)25(26,27)28/h2-10,19-20,30H,11-15H2,1H3,(H2,29,33)(H,31,32)/t19-,20?,24-/m1/s1. The zero-order valence-corrected chi connectivity index (χ0v) is 19.6. The zero-order valence-electron chi connectivity index (χ0n) is 18.8. The first-order valence-corrected chi connectivity index (χ1v) is 12.1. The number of halogens is 3. The van der Waals surface area contributed by atoms with Crippen molar-refractivity contribution in [3.05, 3.63) is 71.3 Å². The van der Waals surface area contributed by atoms with E-state index >= 15 is 0 Å². The fraction of sp³-hybridized carbons (Fsp3) is 0.440. The Bertz CT molecular complexity index is 1040. The largest absolute Gasteiger partial charge is 0.395 e. The lowest BCUT2D eigenvalue weighted by Gasteiger charge is -2.29. The minimum atomic E-state index is -4.35. The van der Waals surface area contributed by atoms with Gasteiger partial charge in [-0.2, -0.15) is 13.2 Å². The van der Waals surface area contributed by atoms with Gasteiger partial charge in [0.1, 0.15) is 0 Å². The van der Waals surface area contributed by atoms with E-state index in [4.69, 9.17) is 5.73 Å². The number of hydrogen-bond donors (Lipinski definition) is 3. The number of carbonyl (C=O) groups is 2. The molecule has 9 heteroatoms. The van der Waals surface area contributed by atoms with E-state index in [1.165, 1.54) is 0 Å². The lowest BCUT2D eigenvalue weighted by molar-refractivity contribution is -0.194. The highest BCUT2D eigenvalue weighted by molar-refractivity contribution is 8.08. The van der Waals surface area contributed by atoms with Crippen molar-refractivity contribution in [1.29, 1.82) is 0 Å². The molecule has 2 amide bonds. The number of likely N-dealkylation sites (N-methyl/N-ethyl adjacent to an activating group) is 1. The number of alkyl halides is 3. The molecule has 1 aliphatic carbocycles. The van der Waals surface area contributed by atoms with Crippen LogP contribution in [-0.2, 0) is 11.2 Å². The summed E-state index contributed by atoms with van der Waals surface area (Å²) in [5.41, 5.74) is 5.49. The van der Waals surface area contributed by atoms with E-state index < -0.39 is 23.4 Å². The minimum absolute atomic E-state index is 0.0518. The van der Waals surface area contributed by atoms with E-state index in [1.807, 2.05) is 19.2 Å². The van der Waals surface area contributed by atoms with Gasteiger partial charge in [-0.3, -0.25) is 9.59 Å². The summed E-state index contributed by atoms with van der Waals surface area (Å²) in [6, 6.07) is 15.6. The van der Waals surface area contributed by atoms with Gasteiger partial charge in [0, 0.05) is 29.7 Å². The van der Waals surface area contributed by atoms with Crippen LogP contribution < -0.4 is 16.4 Å². The second-order valence-corrected chi connectivity index (χ2v) is 10.6. The summed E-state index contributed by atoms with van der Waals surface area (Å²) in [7, 11) is 1.81. The van der Waals surface area contributed by atoms with Gasteiger partial charge in [0.25, 0.3) is 0 Å². The van der Waals surface area contributed by atoms with Gasteiger partial charge in [-0.1, -0.05) is 42.5 Å². The number of nitrogens with one attached hydrogen (secondary N) is 2. The summed E-state index contributed by atoms with van der Waals surface area (Å²) in [5, 5.41) is 6.32. The smallest absolute Gasteiger partial charge is 0.366 e. The first-order valence-electron chi connectivity index (χ1n) is 11.2. The summed E-state index contributed by atoms with van der Waals surface area (Å²) in [5.74, 6) is -1.76. The van der Waals surface area contributed by atoms with Crippen LogP contribution in [0.25, 0.3) is 0 Å². The fourth-order valence-corrected chi connectivity index (χ4v) is 5.95. The van der Waals surface area contributed by atoms with Gasteiger partial charge >= 0.3 is 6.18 Å². The normalized spacial score (nSPS) is 23.7. The second-order valence-electron chi connectivity index (χ2n) is 9.11. The molecule has 5 nitrogen and oxygen atoms in total. The molecule has 2 aromatic carbocycles. The first kappa shape index (κ1) is 24.6. The Kier molecular flexibility index (Phi) is 6.70. The maximum Gasteiger partial charge on any atom is 0.395 e. The molecule has 0 radical (unpaired) electrons. The molecular weight excluding hydrogens is 463 g/mol. The van der Waals surface area contributed by atoms with Gasteiger partial charge in [-0.05, 0) is 49.6 Å². The lowest BCUT2D eigenvalue weighted by atomic mass is 9.80. The van der Waals surface area contributed by atoms with Crippen molar-refractivity contribution in [3.8, 4) is 0 Å². The quantitative estimate of drug-likeness (QED) is 0.439. The number of thioether (sulfide) groups is 1. The van der Waals surface area contributed by atoms with Crippen molar-refractivity contribution in [2.75, 3.05) is 13.6 Å². The number of amides is 2. The third-order valence-electron chi connectivity index (χ3n) is 7.06. The van der Waals surface area contributed by atoms with E-state index in [0.717, 1.165) is 12.0 Å². The maximum absolute atomic E-state index is 13.9. The molecule has 0 bridgehead atoms. The van der Waals surface area contributed by atoms with Gasteiger partial charge in [0.05, 0.1) is 10.3 Å². The Labute approximate surface area is 201 Å². The highest BCUT2D eigenvalue weighted by Gasteiger charge is 2.67. The van der Waals surface area contributed by atoms with Gasteiger partial charge in [0.15, 0.2) is 0 Å². The van der Waals surface area contributed by atoms with Gasteiger partial charge in [-0.15, -0.1) is 11.8 Å². The number of nitrogens with two attached hydrogens (primary N) is 1. The predicted molar refractivity (Wildman–Crippen MR) is 126 cm³/mol. The fourth-order valence-electron chi connectivity index (χ4n) is 4.68. The van der Waals surface area contributed by atoms with E-state index in [9.17, 15) is 22.8 Å². The molecule has 0 spiro atoms. The van der Waals surface area contributed by atoms with Crippen LogP contribution in [0.3, 0.4) is 0 Å². The molecule has 34 heavy (non-hydrogen) atoms. The van der Waals surface area contributed by atoms with Gasteiger partial charge in [-0.25, -0.2) is 0 Å². The van der Waals surface area contributed by atoms with Crippen LogP contribution in [0, 0.1) is 5.41 Å².